The van der Waals surface area contributed by atoms with Crippen molar-refractivity contribution in [1.82, 2.24) is 9.88 Å². The molecule has 0 aliphatic carbocycles. The van der Waals surface area contributed by atoms with Crippen LogP contribution in [0.4, 0.5) is 0 Å². The molecule has 0 atom stereocenters. The Hall–Kier alpha value is -1.68. The van der Waals surface area contributed by atoms with Gasteiger partial charge in [0.2, 0.25) is 0 Å². The number of likely N-dealkylation sites (N-methyl/N-ethyl adjacent to an activating group) is 1. The van der Waals surface area contributed by atoms with Gasteiger partial charge >= 0.3 is 0 Å². The molecule has 78 valence electrons. The molecule has 0 aliphatic heterocycles. The SMILES string of the molecule is CN(C)CC(=O)c1cnc2ccoc2c1. The maximum absolute atomic E-state index is 11.7. The van der Waals surface area contributed by atoms with Gasteiger partial charge in [-0.05, 0) is 20.2 Å². The Bertz CT molecular complexity index is 488. The monoisotopic (exact) mass is 204 g/mol. The van der Waals surface area contributed by atoms with Crippen molar-refractivity contribution < 1.29 is 9.21 Å². The summed E-state index contributed by atoms with van der Waals surface area (Å²) in [6.07, 6.45) is 3.15. The van der Waals surface area contributed by atoms with E-state index in [4.69, 9.17) is 4.42 Å². The molecule has 15 heavy (non-hydrogen) atoms. The third-order valence-corrected chi connectivity index (χ3v) is 2.08. The zero-order chi connectivity index (χ0) is 10.8. The highest BCUT2D eigenvalue weighted by Crippen LogP contribution is 2.14. The summed E-state index contributed by atoms with van der Waals surface area (Å²) in [7, 11) is 3.72. The van der Waals surface area contributed by atoms with Crippen LogP contribution in [-0.4, -0.2) is 36.3 Å². The second-order valence-electron chi connectivity index (χ2n) is 3.69. The first-order chi connectivity index (χ1) is 7.16. The molecule has 0 N–H and O–H groups in total. The van der Waals surface area contributed by atoms with E-state index in [0.29, 0.717) is 17.7 Å². The highest BCUT2D eigenvalue weighted by atomic mass is 16.3. The van der Waals surface area contributed by atoms with E-state index < -0.39 is 0 Å². The zero-order valence-electron chi connectivity index (χ0n) is 8.73. The van der Waals surface area contributed by atoms with Crippen LogP contribution < -0.4 is 0 Å². The van der Waals surface area contributed by atoms with Gasteiger partial charge in [-0.3, -0.25) is 9.78 Å². The summed E-state index contributed by atoms with van der Waals surface area (Å²) in [6, 6.07) is 3.50. The van der Waals surface area contributed by atoms with Crippen molar-refractivity contribution in [1.29, 1.82) is 0 Å². The van der Waals surface area contributed by atoms with Crippen molar-refractivity contribution in [3.63, 3.8) is 0 Å². The lowest BCUT2D eigenvalue weighted by Gasteiger charge is -2.07. The Labute approximate surface area is 87.5 Å². The van der Waals surface area contributed by atoms with E-state index in [-0.39, 0.29) is 5.78 Å². The fraction of sp³-hybridized carbons (Fsp3) is 0.273. The molecule has 2 aromatic rings. The summed E-state index contributed by atoms with van der Waals surface area (Å²) < 4.78 is 5.19. The topological polar surface area (TPSA) is 46.3 Å². The van der Waals surface area contributed by atoms with E-state index in [1.54, 1.807) is 24.6 Å². The van der Waals surface area contributed by atoms with E-state index in [0.717, 1.165) is 5.52 Å². The second-order valence-corrected chi connectivity index (χ2v) is 3.69. The number of ketones is 1. The van der Waals surface area contributed by atoms with Crippen LogP contribution in [0.25, 0.3) is 11.1 Å². The molecule has 0 unspecified atom stereocenters. The van der Waals surface area contributed by atoms with Gasteiger partial charge in [0.05, 0.1) is 12.8 Å². The van der Waals surface area contributed by atoms with E-state index in [9.17, 15) is 4.79 Å². The van der Waals surface area contributed by atoms with Gasteiger partial charge < -0.3 is 9.32 Å². The summed E-state index contributed by atoms with van der Waals surface area (Å²) in [5.41, 5.74) is 2.02. The van der Waals surface area contributed by atoms with Crippen LogP contribution in [0.1, 0.15) is 10.4 Å². The maximum Gasteiger partial charge on any atom is 0.178 e. The number of carbonyl (C=O) groups is 1. The molecule has 0 spiro atoms. The largest absolute Gasteiger partial charge is 0.463 e. The molecular weight excluding hydrogens is 192 g/mol. The Kier molecular flexibility index (Phi) is 2.51. The first-order valence-corrected chi connectivity index (χ1v) is 4.68. The van der Waals surface area contributed by atoms with Crippen molar-refractivity contribution in [2.45, 2.75) is 0 Å². The Morgan fingerprint density at radius 3 is 3.07 bits per heavy atom. The lowest BCUT2D eigenvalue weighted by atomic mass is 10.2. The van der Waals surface area contributed by atoms with Crippen LogP contribution in [0, 0.1) is 0 Å². The molecule has 4 nitrogen and oxygen atoms in total. The first kappa shape index (κ1) is 9.86. The van der Waals surface area contributed by atoms with Crippen molar-refractivity contribution in [3.05, 3.63) is 30.2 Å². The quantitative estimate of drug-likeness (QED) is 0.712. The summed E-state index contributed by atoms with van der Waals surface area (Å²) in [4.78, 5) is 17.7. The number of pyridine rings is 1. The van der Waals surface area contributed by atoms with Crippen LogP contribution in [0.15, 0.2) is 29.0 Å². The molecule has 2 rings (SSSR count). The molecule has 0 bridgehead atoms. The molecule has 0 amide bonds. The van der Waals surface area contributed by atoms with Gasteiger partial charge in [-0.1, -0.05) is 0 Å². The third-order valence-electron chi connectivity index (χ3n) is 2.08. The van der Waals surface area contributed by atoms with Gasteiger partial charge in [0, 0.05) is 17.8 Å². The predicted octanol–water partition coefficient (Wildman–Crippen LogP) is 1.57. The van der Waals surface area contributed by atoms with Crippen LogP contribution in [-0.2, 0) is 0 Å². The molecule has 0 aromatic carbocycles. The van der Waals surface area contributed by atoms with Gasteiger partial charge in [-0.2, -0.15) is 0 Å². The van der Waals surface area contributed by atoms with Crippen molar-refractivity contribution >= 4 is 16.9 Å². The molecule has 0 radical (unpaired) electrons. The minimum Gasteiger partial charge on any atom is -0.463 e. The molecule has 0 saturated heterocycles. The number of rotatable bonds is 3. The van der Waals surface area contributed by atoms with Crippen LogP contribution in [0.5, 0.6) is 0 Å². The molecular formula is C11H12N2O2. The van der Waals surface area contributed by atoms with Crippen LogP contribution in [0.2, 0.25) is 0 Å². The van der Waals surface area contributed by atoms with Gasteiger partial charge in [-0.25, -0.2) is 0 Å². The standard InChI is InChI=1S/C11H12N2O2/c1-13(2)7-10(14)8-5-11-9(12-6-8)3-4-15-11/h3-6H,7H2,1-2H3. The Balaban J connectivity index is 2.31. The summed E-state index contributed by atoms with van der Waals surface area (Å²) in [5, 5.41) is 0. The van der Waals surface area contributed by atoms with E-state index in [1.807, 2.05) is 19.0 Å². The molecule has 0 saturated carbocycles. The number of Topliss-reactive ketones (excluding diaryl/α,β-unsaturated/α-hetero) is 1. The average molecular weight is 204 g/mol. The van der Waals surface area contributed by atoms with Crippen molar-refractivity contribution in [2.75, 3.05) is 20.6 Å². The zero-order valence-corrected chi connectivity index (χ0v) is 8.73. The van der Waals surface area contributed by atoms with E-state index in [2.05, 4.69) is 4.98 Å². The first-order valence-electron chi connectivity index (χ1n) is 4.68. The van der Waals surface area contributed by atoms with E-state index in [1.165, 1.54) is 0 Å². The number of nitrogens with zero attached hydrogens (tertiary/aromatic N) is 2. The minimum atomic E-state index is 0.0470. The second kappa shape index (κ2) is 3.82. The predicted molar refractivity (Wildman–Crippen MR) is 56.9 cm³/mol. The average Bonchev–Trinajstić information content (AvgIpc) is 2.62. The van der Waals surface area contributed by atoms with Crippen molar-refractivity contribution in [2.24, 2.45) is 0 Å². The molecule has 0 aliphatic rings. The smallest absolute Gasteiger partial charge is 0.178 e. The molecule has 2 heterocycles. The van der Waals surface area contributed by atoms with Crippen molar-refractivity contribution in [3.8, 4) is 0 Å². The van der Waals surface area contributed by atoms with E-state index >= 15 is 0 Å². The third kappa shape index (κ3) is 2.05. The summed E-state index contributed by atoms with van der Waals surface area (Å²) in [5.74, 6) is 0.0470. The summed E-state index contributed by atoms with van der Waals surface area (Å²) in [6.45, 7) is 0.383. The number of fused-ring (bicyclic) bond motifs is 1. The Morgan fingerprint density at radius 1 is 1.53 bits per heavy atom. The lowest BCUT2D eigenvalue weighted by molar-refractivity contribution is 0.0957. The molecule has 4 heteroatoms. The fourth-order valence-corrected chi connectivity index (χ4v) is 1.38. The maximum atomic E-state index is 11.7. The fourth-order valence-electron chi connectivity index (χ4n) is 1.38. The number of hydrogen-bond donors (Lipinski definition) is 0. The number of carbonyl (C=O) groups excluding carboxylic acids is 1. The highest BCUT2D eigenvalue weighted by Gasteiger charge is 2.09. The van der Waals surface area contributed by atoms with Crippen LogP contribution in [0.3, 0.4) is 0 Å². The number of hydrogen-bond acceptors (Lipinski definition) is 4. The summed E-state index contributed by atoms with van der Waals surface area (Å²) >= 11 is 0. The van der Waals surface area contributed by atoms with Gasteiger partial charge in [0.25, 0.3) is 0 Å². The molecule has 0 fully saturated rings. The molecule has 2 aromatic heterocycles. The number of aromatic nitrogens is 1. The lowest BCUT2D eigenvalue weighted by Crippen LogP contribution is -2.21. The van der Waals surface area contributed by atoms with Gasteiger partial charge in [-0.15, -0.1) is 0 Å². The van der Waals surface area contributed by atoms with Gasteiger partial charge in [0.1, 0.15) is 5.52 Å². The highest BCUT2D eigenvalue weighted by molar-refractivity contribution is 5.99. The van der Waals surface area contributed by atoms with Gasteiger partial charge in [0.15, 0.2) is 11.4 Å². The van der Waals surface area contributed by atoms with Crippen LogP contribution >= 0.6 is 0 Å². The minimum absolute atomic E-state index is 0.0470. The normalized spacial score (nSPS) is 11.1. The Morgan fingerprint density at radius 2 is 2.33 bits per heavy atom. The number of furan rings is 1.